The van der Waals surface area contributed by atoms with Crippen LogP contribution in [0.25, 0.3) is 0 Å². The third-order valence-electron chi connectivity index (χ3n) is 1.39. The minimum absolute atomic E-state index is 0.0976. The molecule has 1 unspecified atom stereocenters. The highest BCUT2D eigenvalue weighted by Gasteiger charge is 2.15. The van der Waals surface area contributed by atoms with E-state index in [1.54, 1.807) is 0 Å². The Morgan fingerprint density at radius 2 is 2.10 bits per heavy atom. The number of hydrogen-bond acceptors (Lipinski definition) is 3. The highest BCUT2D eigenvalue weighted by atomic mass is 32.2. The van der Waals surface area contributed by atoms with Crippen LogP contribution in [-0.4, -0.2) is 28.1 Å². The second-order valence-electron chi connectivity index (χ2n) is 2.13. The Hall–Kier alpha value is 0.0300. The first kappa shape index (κ1) is 8.13. The van der Waals surface area contributed by atoms with E-state index in [2.05, 4.69) is 4.18 Å². The molecule has 0 aromatic carbocycles. The van der Waals surface area contributed by atoms with Gasteiger partial charge in [-0.05, 0) is 12.8 Å². The molecule has 1 rings (SSSR count). The molecule has 0 spiro atoms. The van der Waals surface area contributed by atoms with E-state index in [1.807, 2.05) is 0 Å². The lowest BCUT2D eigenvalue weighted by Crippen LogP contribution is -2.23. The van der Waals surface area contributed by atoms with E-state index in [1.165, 1.54) is 0 Å². The molecule has 4 nitrogen and oxygen atoms in total. The van der Waals surface area contributed by atoms with Crippen LogP contribution in [0.1, 0.15) is 12.8 Å². The molecule has 0 radical (unpaired) electrons. The van der Waals surface area contributed by atoms with Crippen LogP contribution >= 0.6 is 0 Å². The van der Waals surface area contributed by atoms with E-state index in [0.717, 1.165) is 0 Å². The third-order valence-corrected chi connectivity index (χ3v) is 1.82. The second-order valence-corrected chi connectivity index (χ2v) is 2.75. The zero-order valence-corrected chi connectivity index (χ0v) is 6.30. The van der Waals surface area contributed by atoms with Crippen molar-refractivity contribution >= 4 is 11.4 Å². The van der Waals surface area contributed by atoms with Gasteiger partial charge in [-0.15, -0.1) is 0 Å². The summed E-state index contributed by atoms with van der Waals surface area (Å²) in [6.07, 6.45) is 1.33. The van der Waals surface area contributed by atoms with Crippen molar-refractivity contribution in [2.75, 3.05) is 13.2 Å². The molecular formula is C5H10O4S. The molecule has 1 N–H and O–H groups in total. The van der Waals surface area contributed by atoms with Gasteiger partial charge in [0.05, 0.1) is 6.10 Å². The SMILES string of the molecule is O=S(O)OC1CCOCC1. The van der Waals surface area contributed by atoms with Crippen molar-refractivity contribution in [3.8, 4) is 0 Å². The van der Waals surface area contributed by atoms with Gasteiger partial charge in [-0.25, -0.2) is 0 Å². The largest absolute Gasteiger partial charge is 0.381 e. The van der Waals surface area contributed by atoms with Crippen LogP contribution in [0.5, 0.6) is 0 Å². The summed E-state index contributed by atoms with van der Waals surface area (Å²) in [7, 11) is 0. The summed E-state index contributed by atoms with van der Waals surface area (Å²) < 4.78 is 28.1. The van der Waals surface area contributed by atoms with E-state index in [0.29, 0.717) is 26.1 Å². The first-order valence-corrected chi connectivity index (χ1v) is 4.18. The lowest BCUT2D eigenvalue weighted by Gasteiger charge is -2.19. The Labute approximate surface area is 62.0 Å². The Morgan fingerprint density at radius 3 is 2.60 bits per heavy atom. The van der Waals surface area contributed by atoms with Crippen LogP contribution in [0.3, 0.4) is 0 Å². The predicted octanol–water partition coefficient (Wildman–Crippen LogP) is 0.319. The Morgan fingerprint density at radius 1 is 1.50 bits per heavy atom. The minimum Gasteiger partial charge on any atom is -0.381 e. The normalized spacial score (nSPS) is 24.5. The monoisotopic (exact) mass is 166 g/mol. The molecule has 0 aromatic rings. The third kappa shape index (κ3) is 2.74. The molecule has 10 heavy (non-hydrogen) atoms. The van der Waals surface area contributed by atoms with E-state index in [4.69, 9.17) is 9.29 Å². The van der Waals surface area contributed by atoms with Crippen molar-refractivity contribution in [3.63, 3.8) is 0 Å². The molecule has 60 valence electrons. The first-order valence-electron chi connectivity index (χ1n) is 3.15. The maximum Gasteiger partial charge on any atom is 0.302 e. The fourth-order valence-corrected chi connectivity index (χ4v) is 1.31. The number of rotatable bonds is 2. The molecule has 1 saturated heterocycles. The summed E-state index contributed by atoms with van der Waals surface area (Å²) in [5.41, 5.74) is 0. The van der Waals surface area contributed by atoms with Gasteiger partial charge < -0.3 is 4.74 Å². The van der Waals surface area contributed by atoms with Crippen molar-refractivity contribution in [1.82, 2.24) is 0 Å². The van der Waals surface area contributed by atoms with Crippen LogP contribution in [0, 0.1) is 0 Å². The van der Waals surface area contributed by atoms with Crippen molar-refractivity contribution in [2.45, 2.75) is 18.9 Å². The van der Waals surface area contributed by atoms with Gasteiger partial charge in [0.25, 0.3) is 0 Å². The van der Waals surface area contributed by atoms with E-state index in [9.17, 15) is 4.21 Å². The van der Waals surface area contributed by atoms with E-state index < -0.39 is 11.4 Å². The van der Waals surface area contributed by atoms with Crippen molar-refractivity contribution in [2.24, 2.45) is 0 Å². The molecule has 0 bridgehead atoms. The summed E-state index contributed by atoms with van der Waals surface area (Å²) >= 11 is -2.12. The smallest absolute Gasteiger partial charge is 0.302 e. The summed E-state index contributed by atoms with van der Waals surface area (Å²) in [6.45, 7) is 1.25. The highest BCUT2D eigenvalue weighted by molar-refractivity contribution is 7.74. The van der Waals surface area contributed by atoms with Gasteiger partial charge in [0.1, 0.15) is 0 Å². The fourth-order valence-electron chi connectivity index (χ4n) is 0.889. The number of ether oxygens (including phenoxy) is 1. The Balaban J connectivity index is 2.19. The van der Waals surface area contributed by atoms with Crippen LogP contribution < -0.4 is 0 Å². The zero-order valence-electron chi connectivity index (χ0n) is 5.49. The molecule has 0 amide bonds. The summed E-state index contributed by atoms with van der Waals surface area (Å²) in [6, 6.07) is 0. The van der Waals surface area contributed by atoms with Gasteiger partial charge >= 0.3 is 11.4 Å². The summed E-state index contributed by atoms with van der Waals surface area (Å²) in [5, 5.41) is 0. The van der Waals surface area contributed by atoms with Gasteiger partial charge in [-0.2, -0.15) is 4.21 Å². The fraction of sp³-hybridized carbons (Fsp3) is 1.00. The summed E-state index contributed by atoms with van der Waals surface area (Å²) in [5.74, 6) is 0. The first-order chi connectivity index (χ1) is 4.79. The lowest BCUT2D eigenvalue weighted by atomic mass is 10.2. The summed E-state index contributed by atoms with van der Waals surface area (Å²) in [4.78, 5) is 0. The minimum atomic E-state index is -2.12. The molecule has 0 aromatic heterocycles. The van der Waals surface area contributed by atoms with Gasteiger partial charge in [0.2, 0.25) is 0 Å². The Kier molecular flexibility index (Phi) is 3.27. The maximum absolute atomic E-state index is 10.1. The number of hydrogen-bond donors (Lipinski definition) is 1. The molecule has 5 heteroatoms. The average Bonchev–Trinajstić information content (AvgIpc) is 1.88. The molecule has 0 aliphatic carbocycles. The quantitative estimate of drug-likeness (QED) is 0.600. The van der Waals surface area contributed by atoms with Crippen molar-refractivity contribution in [1.29, 1.82) is 0 Å². The zero-order chi connectivity index (χ0) is 7.40. The molecule has 0 saturated carbocycles. The van der Waals surface area contributed by atoms with Crippen LogP contribution in [0.15, 0.2) is 0 Å². The molecule has 1 fully saturated rings. The topological polar surface area (TPSA) is 55.8 Å². The molecular weight excluding hydrogens is 156 g/mol. The van der Waals surface area contributed by atoms with Gasteiger partial charge in [-0.3, -0.25) is 8.74 Å². The Bertz CT molecular complexity index is 121. The van der Waals surface area contributed by atoms with Crippen LogP contribution in [-0.2, 0) is 20.3 Å². The van der Waals surface area contributed by atoms with Gasteiger partial charge in [0, 0.05) is 13.2 Å². The van der Waals surface area contributed by atoms with E-state index in [-0.39, 0.29) is 6.10 Å². The average molecular weight is 166 g/mol. The molecule has 1 atom stereocenters. The molecule has 1 aliphatic heterocycles. The van der Waals surface area contributed by atoms with Crippen molar-refractivity contribution < 1.29 is 17.7 Å². The van der Waals surface area contributed by atoms with Gasteiger partial charge in [0.15, 0.2) is 0 Å². The van der Waals surface area contributed by atoms with Gasteiger partial charge in [-0.1, -0.05) is 0 Å². The molecule has 1 heterocycles. The molecule has 1 aliphatic rings. The van der Waals surface area contributed by atoms with Crippen LogP contribution in [0.4, 0.5) is 0 Å². The standard InChI is InChI=1S/C5H10O4S/c6-10(7)9-5-1-3-8-4-2-5/h5H,1-4H2,(H,6,7). The van der Waals surface area contributed by atoms with Crippen LogP contribution in [0.2, 0.25) is 0 Å². The second kappa shape index (κ2) is 4.02. The van der Waals surface area contributed by atoms with E-state index >= 15 is 0 Å². The maximum atomic E-state index is 10.1. The highest BCUT2D eigenvalue weighted by Crippen LogP contribution is 2.10. The lowest BCUT2D eigenvalue weighted by molar-refractivity contribution is 0.0277. The van der Waals surface area contributed by atoms with Crippen molar-refractivity contribution in [3.05, 3.63) is 0 Å². The predicted molar refractivity (Wildman–Crippen MR) is 35.7 cm³/mol.